The summed E-state index contributed by atoms with van der Waals surface area (Å²) in [6.07, 6.45) is 0. The number of hydrogen-bond acceptors (Lipinski definition) is 2. The molecule has 0 heterocycles. The van der Waals surface area contributed by atoms with E-state index in [-0.39, 0.29) is 5.91 Å². The molecule has 0 aliphatic heterocycles. The Bertz CT molecular complexity index is 629. The molecule has 0 saturated carbocycles. The molecule has 2 aromatic rings. The number of carbonyl (C=O) groups excluding carboxylic acids is 1. The summed E-state index contributed by atoms with van der Waals surface area (Å²) in [7, 11) is 1.89. The third-order valence-electron chi connectivity index (χ3n) is 3.21. The van der Waals surface area contributed by atoms with Crippen LogP contribution in [0.2, 0.25) is 10.0 Å². The quantitative estimate of drug-likeness (QED) is 0.871. The lowest BCUT2D eigenvalue weighted by molar-refractivity contribution is -0.122. The van der Waals surface area contributed by atoms with Crippen molar-refractivity contribution in [2.24, 2.45) is 0 Å². The highest BCUT2D eigenvalue weighted by molar-refractivity contribution is 6.31. The van der Waals surface area contributed by atoms with E-state index in [2.05, 4.69) is 5.32 Å². The topological polar surface area (TPSA) is 32.3 Å². The van der Waals surface area contributed by atoms with Crippen LogP contribution in [0.15, 0.2) is 48.5 Å². The monoisotopic (exact) mass is 336 g/mol. The summed E-state index contributed by atoms with van der Waals surface area (Å²) in [5.74, 6) is -0.0236. The summed E-state index contributed by atoms with van der Waals surface area (Å²) in [6, 6.07) is 15.1. The second kappa shape index (κ2) is 8.18. The van der Waals surface area contributed by atoms with Crippen molar-refractivity contribution < 1.29 is 4.79 Å². The average Bonchev–Trinajstić information content (AvgIpc) is 2.49. The predicted octanol–water partition coefficient (Wildman–Crippen LogP) is 3.74. The van der Waals surface area contributed by atoms with Gasteiger partial charge < -0.3 is 5.32 Å². The van der Waals surface area contributed by atoms with E-state index in [1.165, 1.54) is 0 Å². The molecule has 0 atom stereocenters. The minimum atomic E-state index is -0.0236. The maximum Gasteiger partial charge on any atom is 0.234 e. The van der Waals surface area contributed by atoms with Crippen molar-refractivity contribution in [3.8, 4) is 0 Å². The van der Waals surface area contributed by atoms with Gasteiger partial charge in [0.15, 0.2) is 0 Å². The van der Waals surface area contributed by atoms with E-state index in [0.717, 1.165) is 16.1 Å². The van der Waals surface area contributed by atoms with Gasteiger partial charge >= 0.3 is 0 Å². The van der Waals surface area contributed by atoms with Gasteiger partial charge in [0.2, 0.25) is 5.91 Å². The van der Waals surface area contributed by atoms with E-state index in [1.807, 2.05) is 60.5 Å². The highest BCUT2D eigenvalue weighted by atomic mass is 35.5. The third-order valence-corrected chi connectivity index (χ3v) is 3.84. The van der Waals surface area contributed by atoms with E-state index in [1.54, 1.807) is 0 Å². The Kier molecular flexibility index (Phi) is 6.25. The Labute approximate surface area is 140 Å². The molecule has 0 aliphatic carbocycles. The number of benzene rings is 2. The Morgan fingerprint density at radius 3 is 2.45 bits per heavy atom. The molecule has 1 amide bonds. The van der Waals surface area contributed by atoms with Crippen LogP contribution in [0.1, 0.15) is 11.1 Å². The van der Waals surface area contributed by atoms with Crippen LogP contribution in [-0.4, -0.2) is 24.4 Å². The number of rotatable bonds is 6. The largest absolute Gasteiger partial charge is 0.351 e. The first-order chi connectivity index (χ1) is 10.5. The second-order valence-electron chi connectivity index (χ2n) is 5.17. The molecule has 0 spiro atoms. The summed E-state index contributed by atoms with van der Waals surface area (Å²) >= 11 is 11.9. The van der Waals surface area contributed by atoms with Crippen LogP contribution in [0.25, 0.3) is 0 Å². The van der Waals surface area contributed by atoms with Crippen molar-refractivity contribution in [1.29, 1.82) is 0 Å². The number of nitrogens with one attached hydrogen (secondary N) is 1. The van der Waals surface area contributed by atoms with Crippen molar-refractivity contribution in [2.75, 3.05) is 13.6 Å². The fourth-order valence-corrected chi connectivity index (χ4v) is 2.40. The first-order valence-corrected chi connectivity index (χ1v) is 7.73. The van der Waals surface area contributed by atoms with Crippen LogP contribution in [0.5, 0.6) is 0 Å². The Hall–Kier alpha value is -1.55. The summed E-state index contributed by atoms with van der Waals surface area (Å²) in [5, 5.41) is 4.30. The van der Waals surface area contributed by atoms with Crippen molar-refractivity contribution in [2.45, 2.75) is 13.1 Å². The number of hydrogen-bond donors (Lipinski definition) is 1. The SMILES string of the molecule is CN(CC(=O)NCc1ccc(Cl)cc1)Cc1ccccc1Cl. The lowest BCUT2D eigenvalue weighted by Crippen LogP contribution is -2.34. The molecule has 5 heteroatoms. The Morgan fingerprint density at radius 1 is 1.09 bits per heavy atom. The zero-order valence-electron chi connectivity index (χ0n) is 12.4. The van der Waals surface area contributed by atoms with E-state index in [4.69, 9.17) is 23.2 Å². The molecule has 0 bridgehead atoms. The molecule has 0 radical (unpaired) electrons. The molecule has 0 saturated heterocycles. The second-order valence-corrected chi connectivity index (χ2v) is 6.01. The minimum absolute atomic E-state index is 0.0236. The van der Waals surface area contributed by atoms with Crippen molar-refractivity contribution in [3.05, 3.63) is 69.7 Å². The minimum Gasteiger partial charge on any atom is -0.351 e. The van der Waals surface area contributed by atoms with E-state index in [9.17, 15) is 4.79 Å². The van der Waals surface area contributed by atoms with Gasteiger partial charge in [-0.05, 0) is 36.4 Å². The molecule has 0 fully saturated rings. The van der Waals surface area contributed by atoms with Gasteiger partial charge in [-0.2, -0.15) is 0 Å². The van der Waals surface area contributed by atoms with Gasteiger partial charge in [-0.1, -0.05) is 53.5 Å². The van der Waals surface area contributed by atoms with Gasteiger partial charge in [-0.3, -0.25) is 9.69 Å². The van der Waals surface area contributed by atoms with Crippen LogP contribution in [-0.2, 0) is 17.9 Å². The Balaban J connectivity index is 1.79. The molecule has 116 valence electrons. The molecule has 1 N–H and O–H groups in total. The van der Waals surface area contributed by atoms with Gasteiger partial charge in [0.1, 0.15) is 0 Å². The lowest BCUT2D eigenvalue weighted by atomic mass is 10.2. The van der Waals surface area contributed by atoms with Gasteiger partial charge in [0.05, 0.1) is 6.54 Å². The molecule has 0 unspecified atom stereocenters. The molecular weight excluding hydrogens is 319 g/mol. The number of likely N-dealkylation sites (N-methyl/N-ethyl adjacent to an activating group) is 1. The fourth-order valence-electron chi connectivity index (χ4n) is 2.08. The number of nitrogens with zero attached hydrogens (tertiary/aromatic N) is 1. The molecule has 3 nitrogen and oxygen atoms in total. The number of halogens is 2. The van der Waals surface area contributed by atoms with E-state index < -0.39 is 0 Å². The van der Waals surface area contributed by atoms with Crippen LogP contribution in [0.4, 0.5) is 0 Å². The molecule has 2 aromatic carbocycles. The lowest BCUT2D eigenvalue weighted by Gasteiger charge is -2.17. The van der Waals surface area contributed by atoms with Crippen LogP contribution >= 0.6 is 23.2 Å². The first-order valence-electron chi connectivity index (χ1n) is 6.97. The smallest absolute Gasteiger partial charge is 0.234 e. The van der Waals surface area contributed by atoms with Crippen molar-refractivity contribution in [1.82, 2.24) is 10.2 Å². The zero-order valence-corrected chi connectivity index (χ0v) is 13.9. The number of carbonyl (C=O) groups is 1. The average molecular weight is 337 g/mol. The predicted molar refractivity (Wildman–Crippen MR) is 91.1 cm³/mol. The van der Waals surface area contributed by atoms with Gasteiger partial charge in [-0.15, -0.1) is 0 Å². The summed E-state index contributed by atoms with van der Waals surface area (Å²) in [5.41, 5.74) is 2.03. The van der Waals surface area contributed by atoms with Gasteiger partial charge in [-0.25, -0.2) is 0 Å². The fraction of sp³-hybridized carbons (Fsp3) is 0.235. The van der Waals surface area contributed by atoms with Crippen LogP contribution in [0.3, 0.4) is 0 Å². The maximum absolute atomic E-state index is 12.0. The Morgan fingerprint density at radius 2 is 1.77 bits per heavy atom. The zero-order chi connectivity index (χ0) is 15.9. The summed E-state index contributed by atoms with van der Waals surface area (Å²) < 4.78 is 0. The van der Waals surface area contributed by atoms with E-state index >= 15 is 0 Å². The molecule has 0 aromatic heterocycles. The standard InChI is InChI=1S/C17H18Cl2N2O/c1-21(11-14-4-2-3-5-16(14)19)12-17(22)20-10-13-6-8-15(18)9-7-13/h2-9H,10-12H2,1H3,(H,20,22). The van der Waals surface area contributed by atoms with Gasteiger partial charge in [0.25, 0.3) is 0 Å². The normalized spacial score (nSPS) is 10.7. The first kappa shape index (κ1) is 16.8. The highest BCUT2D eigenvalue weighted by Gasteiger charge is 2.08. The highest BCUT2D eigenvalue weighted by Crippen LogP contribution is 2.16. The maximum atomic E-state index is 12.0. The summed E-state index contributed by atoms with van der Waals surface area (Å²) in [4.78, 5) is 13.9. The molecule has 22 heavy (non-hydrogen) atoms. The molecular formula is C17H18Cl2N2O. The van der Waals surface area contributed by atoms with Crippen molar-refractivity contribution >= 4 is 29.1 Å². The third kappa shape index (κ3) is 5.34. The van der Waals surface area contributed by atoms with E-state index in [0.29, 0.717) is 24.7 Å². The summed E-state index contributed by atoms with van der Waals surface area (Å²) in [6.45, 7) is 1.45. The molecule has 2 rings (SSSR count). The molecule has 0 aliphatic rings. The van der Waals surface area contributed by atoms with Gasteiger partial charge in [0, 0.05) is 23.1 Å². The van der Waals surface area contributed by atoms with Crippen LogP contribution in [0, 0.1) is 0 Å². The van der Waals surface area contributed by atoms with Crippen LogP contribution < -0.4 is 5.32 Å². The van der Waals surface area contributed by atoms with Crippen molar-refractivity contribution in [3.63, 3.8) is 0 Å². The number of amides is 1.